The predicted molar refractivity (Wildman–Crippen MR) is 65.8 cm³/mol. The molecule has 0 aliphatic carbocycles. The van der Waals surface area contributed by atoms with Gasteiger partial charge in [0.1, 0.15) is 0 Å². The van der Waals surface area contributed by atoms with Crippen LogP contribution in [0.3, 0.4) is 0 Å². The second kappa shape index (κ2) is 7.43. The highest BCUT2D eigenvalue weighted by Crippen LogP contribution is 2.12. The van der Waals surface area contributed by atoms with E-state index in [0.717, 1.165) is 16.5 Å². The minimum absolute atomic E-state index is 0.958. The molecule has 1 aromatic heterocycles. The molecular weight excluding hydrogens is 216 g/mol. The summed E-state index contributed by atoms with van der Waals surface area (Å²) < 4.78 is 1.79. The third-order valence-corrected chi connectivity index (χ3v) is 1.87. The van der Waals surface area contributed by atoms with E-state index in [1.54, 1.807) is 10.9 Å². The molecule has 86 valence electrons. The predicted octanol–water partition coefficient (Wildman–Crippen LogP) is 1.15. The van der Waals surface area contributed by atoms with E-state index in [0.29, 0.717) is 0 Å². The first-order valence-corrected chi connectivity index (χ1v) is 4.48. The van der Waals surface area contributed by atoms with E-state index in [-0.39, 0.29) is 0 Å². The lowest BCUT2D eigenvalue weighted by molar-refractivity contribution is 0.780. The van der Waals surface area contributed by atoms with Crippen molar-refractivity contribution < 1.29 is 0 Å². The average molecular weight is 228 g/mol. The third-order valence-electron chi connectivity index (χ3n) is 1.87. The second-order valence-electron chi connectivity index (χ2n) is 2.90. The van der Waals surface area contributed by atoms with E-state index in [1.165, 1.54) is 0 Å². The van der Waals surface area contributed by atoms with Gasteiger partial charge in [-0.25, -0.2) is 10.5 Å². The molecular formula is C11H12N6. The largest absolute Gasteiger partial charge is 0.323 e. The van der Waals surface area contributed by atoms with Gasteiger partial charge in [-0.3, -0.25) is 4.68 Å². The van der Waals surface area contributed by atoms with Crippen molar-refractivity contribution in [3.05, 3.63) is 30.0 Å². The van der Waals surface area contributed by atoms with Crippen LogP contribution in [0.5, 0.6) is 0 Å². The maximum Gasteiger partial charge on any atom is 0.0929 e. The molecule has 6 heteroatoms. The Balaban J connectivity index is 0.000000581. The Morgan fingerprint density at radius 3 is 2.59 bits per heavy atom. The highest BCUT2D eigenvalue weighted by molar-refractivity contribution is 5.88. The van der Waals surface area contributed by atoms with Crippen molar-refractivity contribution >= 4 is 17.1 Å². The summed E-state index contributed by atoms with van der Waals surface area (Å²) >= 11 is 0. The van der Waals surface area contributed by atoms with Crippen LogP contribution >= 0.6 is 0 Å². The molecule has 0 aliphatic rings. The zero-order chi connectivity index (χ0) is 13.3. The van der Waals surface area contributed by atoms with Gasteiger partial charge in [0.2, 0.25) is 0 Å². The molecule has 17 heavy (non-hydrogen) atoms. The zero-order valence-corrected chi connectivity index (χ0v) is 9.35. The topological polar surface area (TPSA) is 104 Å². The van der Waals surface area contributed by atoms with Gasteiger partial charge in [-0.1, -0.05) is 12.1 Å². The Labute approximate surface area is 99.2 Å². The van der Waals surface area contributed by atoms with E-state index < -0.39 is 0 Å². The third kappa shape index (κ3) is 3.65. The minimum Gasteiger partial charge on any atom is -0.323 e. The van der Waals surface area contributed by atoms with Crippen LogP contribution < -0.4 is 5.84 Å². The fraction of sp³-hybridized carbons (Fsp3) is 0.0909. The van der Waals surface area contributed by atoms with Crippen LogP contribution in [0.1, 0.15) is 5.56 Å². The monoisotopic (exact) mass is 228 g/mol. The number of hydrazone groups is 1. The first-order valence-electron chi connectivity index (χ1n) is 4.48. The fourth-order valence-electron chi connectivity index (χ4n) is 1.32. The maximum atomic E-state index is 6.50. The number of aryl methyl sites for hydroxylation is 1. The molecule has 1 heterocycles. The number of hydrogen-bond acceptors (Lipinski definition) is 5. The lowest BCUT2D eigenvalue weighted by Crippen LogP contribution is -1.87. The van der Waals surface area contributed by atoms with Gasteiger partial charge in [0.25, 0.3) is 0 Å². The van der Waals surface area contributed by atoms with Crippen molar-refractivity contribution in [3.63, 3.8) is 0 Å². The Bertz CT molecular complexity index is 528. The molecule has 0 unspecified atom stereocenters. The number of nitrogens with zero attached hydrogens (tertiary/aromatic N) is 5. The molecule has 2 N–H and O–H groups in total. The first kappa shape index (κ1) is 14.1. The number of hydrogen-bond donors (Lipinski definition) is 1. The van der Waals surface area contributed by atoms with Crippen LogP contribution in [-0.4, -0.2) is 16.0 Å². The summed E-state index contributed by atoms with van der Waals surface area (Å²) in [5.74, 6) is 5.05. The van der Waals surface area contributed by atoms with Gasteiger partial charge in [-0.2, -0.15) is 10.2 Å². The van der Waals surface area contributed by atoms with Crippen LogP contribution in [0.4, 0.5) is 0 Å². The van der Waals surface area contributed by atoms with Crippen LogP contribution in [0, 0.1) is 23.7 Å². The lowest BCUT2D eigenvalue weighted by atomic mass is 10.2. The Kier molecular flexibility index (Phi) is 6.18. The van der Waals surface area contributed by atoms with E-state index in [2.05, 4.69) is 23.3 Å². The van der Waals surface area contributed by atoms with Gasteiger partial charge >= 0.3 is 0 Å². The van der Waals surface area contributed by atoms with Crippen molar-refractivity contribution in [2.75, 3.05) is 0 Å². The molecule has 0 bridgehead atoms. The summed E-state index contributed by atoms with van der Waals surface area (Å²) in [7, 11) is 1.90. The number of nitrogens with two attached hydrogens (primary N) is 1. The number of aromatic nitrogens is 2. The van der Waals surface area contributed by atoms with Gasteiger partial charge in [0.15, 0.2) is 0 Å². The van der Waals surface area contributed by atoms with Crippen LogP contribution in [0.15, 0.2) is 29.5 Å². The van der Waals surface area contributed by atoms with Gasteiger partial charge < -0.3 is 5.84 Å². The Morgan fingerprint density at radius 1 is 1.35 bits per heavy atom. The first-order chi connectivity index (χ1) is 8.29. The molecule has 2 rings (SSSR count). The van der Waals surface area contributed by atoms with E-state index in [1.807, 2.05) is 31.4 Å². The molecule has 0 aliphatic heterocycles. The molecule has 0 fully saturated rings. The van der Waals surface area contributed by atoms with Crippen LogP contribution in [0.2, 0.25) is 0 Å². The van der Waals surface area contributed by atoms with Crippen LogP contribution in [0.25, 0.3) is 10.9 Å². The molecule has 6 nitrogen and oxygen atoms in total. The summed E-state index contributed by atoms with van der Waals surface area (Å²) in [6.07, 6.45) is 3.58. The standard InChI is InChI=1S/C9H10N4.2CHN/c1-13-6-8-3-2-7(5-11-10)4-9(8)12-13;2*1-2/h2-6H,10H2,1H3;2*1H. The highest BCUT2D eigenvalue weighted by Gasteiger charge is 1.97. The van der Waals surface area contributed by atoms with E-state index in [9.17, 15) is 0 Å². The minimum atomic E-state index is 0.958. The zero-order valence-electron chi connectivity index (χ0n) is 9.35. The van der Waals surface area contributed by atoms with E-state index >= 15 is 0 Å². The van der Waals surface area contributed by atoms with Crippen molar-refractivity contribution in [2.24, 2.45) is 18.0 Å². The number of nitriles is 2. The Hall–Kier alpha value is -2.86. The average Bonchev–Trinajstić information content (AvgIpc) is 2.74. The molecule has 0 amide bonds. The number of rotatable bonds is 1. The maximum absolute atomic E-state index is 6.50. The normalized spacial score (nSPS) is 9.00. The lowest BCUT2D eigenvalue weighted by Gasteiger charge is -1.90. The van der Waals surface area contributed by atoms with Crippen molar-refractivity contribution in [3.8, 4) is 13.1 Å². The molecule has 0 atom stereocenters. The smallest absolute Gasteiger partial charge is 0.0929 e. The number of fused-ring (bicyclic) bond motifs is 1. The fourth-order valence-corrected chi connectivity index (χ4v) is 1.32. The molecule has 0 saturated heterocycles. The quantitative estimate of drug-likeness (QED) is 0.449. The summed E-state index contributed by atoms with van der Waals surface area (Å²) in [5, 5.41) is 21.9. The highest BCUT2D eigenvalue weighted by atomic mass is 15.2. The van der Waals surface area contributed by atoms with Gasteiger partial charge in [0, 0.05) is 31.8 Å². The molecule has 0 spiro atoms. The SMILES string of the molecule is C#N.C#N.Cn1cc2ccc(C=NN)cc2n1. The second-order valence-corrected chi connectivity index (χ2v) is 2.90. The molecule has 1 aromatic carbocycles. The summed E-state index contributed by atoms with van der Waals surface area (Å²) in [4.78, 5) is 0. The van der Waals surface area contributed by atoms with Crippen LogP contribution in [-0.2, 0) is 7.05 Å². The van der Waals surface area contributed by atoms with Gasteiger partial charge in [-0.05, 0) is 11.6 Å². The molecule has 2 aromatic rings. The van der Waals surface area contributed by atoms with Gasteiger partial charge in [0.05, 0.1) is 11.7 Å². The summed E-state index contributed by atoms with van der Waals surface area (Å²) in [6, 6.07) is 5.91. The summed E-state index contributed by atoms with van der Waals surface area (Å²) in [5.41, 5.74) is 1.92. The number of benzene rings is 1. The Morgan fingerprint density at radius 2 is 2.00 bits per heavy atom. The summed E-state index contributed by atoms with van der Waals surface area (Å²) in [6.45, 7) is 7.00. The van der Waals surface area contributed by atoms with Crippen molar-refractivity contribution in [2.45, 2.75) is 0 Å². The van der Waals surface area contributed by atoms with Crippen molar-refractivity contribution in [1.29, 1.82) is 10.5 Å². The molecule has 0 radical (unpaired) electrons. The van der Waals surface area contributed by atoms with Crippen molar-refractivity contribution in [1.82, 2.24) is 9.78 Å². The molecule has 0 saturated carbocycles. The van der Waals surface area contributed by atoms with E-state index in [4.69, 9.17) is 16.4 Å². The van der Waals surface area contributed by atoms with Gasteiger partial charge in [-0.15, -0.1) is 0 Å².